The maximum Gasteiger partial charge on any atom is 0.317 e. The number of rotatable bonds is 17. The summed E-state index contributed by atoms with van der Waals surface area (Å²) in [6, 6.07) is 10.1. The van der Waals surface area contributed by atoms with E-state index in [0.717, 1.165) is 54.6 Å². The summed E-state index contributed by atoms with van der Waals surface area (Å²) in [7, 11) is 1.64. The first-order valence-electron chi connectivity index (χ1n) is 14.0. The summed E-state index contributed by atoms with van der Waals surface area (Å²) < 4.78 is 5.37. The summed E-state index contributed by atoms with van der Waals surface area (Å²) in [5, 5.41) is 37.5. The summed E-state index contributed by atoms with van der Waals surface area (Å²) in [6.07, 6.45) is 2.37. The van der Waals surface area contributed by atoms with Crippen LogP contribution in [0, 0.1) is 6.92 Å². The number of aryl methyl sites for hydroxylation is 1. The molecular formula is C30H36N6O8. The molecule has 0 fully saturated rings. The van der Waals surface area contributed by atoms with Crippen LogP contribution < -0.4 is 15.4 Å². The second-order valence-corrected chi connectivity index (χ2v) is 10.5. The minimum atomic E-state index is -1.21. The van der Waals surface area contributed by atoms with Crippen molar-refractivity contribution in [3.05, 3.63) is 42.1 Å². The van der Waals surface area contributed by atoms with Crippen LogP contribution in [-0.4, -0.2) is 118 Å². The molecule has 44 heavy (non-hydrogen) atoms. The van der Waals surface area contributed by atoms with Crippen molar-refractivity contribution in [1.29, 1.82) is 0 Å². The van der Waals surface area contributed by atoms with Crippen LogP contribution in [0.15, 0.2) is 36.5 Å². The van der Waals surface area contributed by atoms with E-state index in [-0.39, 0.29) is 19.6 Å². The van der Waals surface area contributed by atoms with Crippen molar-refractivity contribution in [1.82, 2.24) is 25.1 Å². The predicted molar refractivity (Wildman–Crippen MR) is 164 cm³/mol. The highest BCUT2D eigenvalue weighted by molar-refractivity contribution is 6.20. The lowest BCUT2D eigenvalue weighted by Crippen LogP contribution is -2.45. The Morgan fingerprint density at radius 3 is 2.14 bits per heavy atom. The van der Waals surface area contributed by atoms with Gasteiger partial charge in [0.2, 0.25) is 5.91 Å². The smallest absolute Gasteiger partial charge is 0.317 e. The molecule has 0 saturated carbocycles. The number of carboxylic acids is 3. The van der Waals surface area contributed by atoms with Crippen LogP contribution in [0.3, 0.4) is 0 Å². The van der Waals surface area contributed by atoms with Crippen molar-refractivity contribution in [2.45, 2.75) is 13.3 Å². The highest BCUT2D eigenvalue weighted by Crippen LogP contribution is 2.36. The predicted octanol–water partition coefficient (Wildman–Crippen LogP) is 1.96. The number of carboxylic acid groups (broad SMARTS) is 3. The van der Waals surface area contributed by atoms with Crippen LogP contribution in [0.5, 0.6) is 5.75 Å². The number of fused-ring (bicyclic) bond motifs is 5. The fourth-order valence-corrected chi connectivity index (χ4v) is 5.13. The molecule has 14 nitrogen and oxygen atoms in total. The average molecular weight is 609 g/mol. The Kier molecular flexibility index (Phi) is 10.5. The topological polar surface area (TPSA) is 197 Å². The third kappa shape index (κ3) is 8.11. The number of aliphatic carboxylic acids is 3. The molecule has 0 bridgehead atoms. The summed E-state index contributed by atoms with van der Waals surface area (Å²) in [6.45, 7) is 1.10. The first kappa shape index (κ1) is 32.0. The molecule has 0 atom stereocenters. The summed E-state index contributed by atoms with van der Waals surface area (Å²) in [4.78, 5) is 56.6. The minimum Gasteiger partial charge on any atom is -0.497 e. The zero-order valence-electron chi connectivity index (χ0n) is 24.6. The molecule has 4 rings (SSSR count). The molecule has 0 saturated heterocycles. The molecule has 0 spiro atoms. The minimum absolute atomic E-state index is 0.00434. The SMILES string of the molecule is COc1ccc2c(ccc3c2[nH]c2c(C)cnc(NCCCNC(=O)CN(CCN(CC(=O)O)CC(=O)O)CC(=O)O)c23)c1. The Bertz CT molecular complexity index is 1670. The first-order valence-corrected chi connectivity index (χ1v) is 14.0. The zero-order valence-corrected chi connectivity index (χ0v) is 24.6. The molecule has 6 N–H and O–H groups in total. The van der Waals surface area contributed by atoms with Crippen molar-refractivity contribution in [2.24, 2.45) is 0 Å². The summed E-state index contributed by atoms with van der Waals surface area (Å²) in [5.41, 5.74) is 3.00. The van der Waals surface area contributed by atoms with Gasteiger partial charge in [-0.05, 0) is 42.5 Å². The van der Waals surface area contributed by atoms with E-state index in [1.165, 1.54) is 4.90 Å². The lowest BCUT2D eigenvalue weighted by molar-refractivity contribution is -0.143. The van der Waals surface area contributed by atoms with E-state index in [1.54, 1.807) is 13.3 Å². The zero-order chi connectivity index (χ0) is 31.8. The molecule has 0 radical (unpaired) electrons. The second kappa shape index (κ2) is 14.5. The fraction of sp³-hybridized carbons (Fsp3) is 0.367. The summed E-state index contributed by atoms with van der Waals surface area (Å²) in [5.74, 6) is -2.47. The van der Waals surface area contributed by atoms with Crippen LogP contribution >= 0.6 is 0 Å². The number of benzene rings is 2. The van der Waals surface area contributed by atoms with E-state index in [1.807, 2.05) is 25.1 Å². The van der Waals surface area contributed by atoms with Gasteiger partial charge in [0.25, 0.3) is 0 Å². The van der Waals surface area contributed by atoms with Gasteiger partial charge in [0, 0.05) is 43.1 Å². The van der Waals surface area contributed by atoms with Crippen molar-refractivity contribution >= 4 is 62.2 Å². The molecule has 2 aromatic heterocycles. The normalized spacial score (nSPS) is 11.5. The number of hydrogen-bond acceptors (Lipinski definition) is 9. The first-order chi connectivity index (χ1) is 21.0. The van der Waals surface area contributed by atoms with Gasteiger partial charge in [0.1, 0.15) is 11.6 Å². The second-order valence-electron chi connectivity index (χ2n) is 10.5. The van der Waals surface area contributed by atoms with Crippen molar-refractivity contribution in [3.8, 4) is 5.75 Å². The van der Waals surface area contributed by atoms with Crippen molar-refractivity contribution < 1.29 is 39.2 Å². The number of amides is 1. The van der Waals surface area contributed by atoms with Gasteiger partial charge in [-0.2, -0.15) is 0 Å². The van der Waals surface area contributed by atoms with Gasteiger partial charge < -0.3 is 35.7 Å². The number of hydrogen-bond donors (Lipinski definition) is 6. The quantitative estimate of drug-likeness (QED) is 0.0955. The number of anilines is 1. The molecule has 234 valence electrons. The maximum absolute atomic E-state index is 12.5. The number of pyridine rings is 1. The Morgan fingerprint density at radius 2 is 1.50 bits per heavy atom. The fourth-order valence-electron chi connectivity index (χ4n) is 5.13. The molecular weight excluding hydrogens is 572 g/mol. The Balaban J connectivity index is 1.34. The molecule has 4 aromatic rings. The number of ether oxygens (including phenoxy) is 1. The van der Waals surface area contributed by atoms with Gasteiger partial charge in [0.05, 0.1) is 49.7 Å². The van der Waals surface area contributed by atoms with Gasteiger partial charge >= 0.3 is 17.9 Å². The lowest BCUT2D eigenvalue weighted by Gasteiger charge is -2.24. The number of aromatic amines is 1. The molecule has 0 aliphatic rings. The van der Waals surface area contributed by atoms with Gasteiger partial charge in [-0.15, -0.1) is 0 Å². The van der Waals surface area contributed by atoms with E-state index in [0.29, 0.717) is 19.5 Å². The number of carbonyl (C=O) groups is 4. The van der Waals surface area contributed by atoms with E-state index >= 15 is 0 Å². The highest BCUT2D eigenvalue weighted by atomic mass is 16.5. The van der Waals surface area contributed by atoms with E-state index < -0.39 is 43.4 Å². The number of methoxy groups -OCH3 is 1. The van der Waals surface area contributed by atoms with E-state index in [9.17, 15) is 24.3 Å². The molecule has 2 heterocycles. The van der Waals surface area contributed by atoms with Crippen molar-refractivity contribution in [3.63, 3.8) is 0 Å². The largest absolute Gasteiger partial charge is 0.497 e. The lowest BCUT2D eigenvalue weighted by atomic mass is 10.1. The number of aromatic nitrogens is 2. The Morgan fingerprint density at radius 1 is 0.864 bits per heavy atom. The van der Waals surface area contributed by atoms with E-state index in [4.69, 9.17) is 14.9 Å². The van der Waals surface area contributed by atoms with Gasteiger partial charge in [0.15, 0.2) is 0 Å². The standard InChI is InChI=1S/C30H36N6O8/c1-18-13-33-30(27-22-6-4-19-12-20(44-2)5-7-21(19)29(22)34-28(18)27)32-9-3-8-31-23(37)14-35(15-24(38)39)10-11-36(16-25(40)41)17-26(42)43/h4-7,12-13,34H,3,8-11,14-17H2,1-2H3,(H,31,37)(H,32,33)(H,38,39)(H,40,41)(H,42,43). The van der Waals surface area contributed by atoms with Crippen LogP contribution in [0.4, 0.5) is 5.82 Å². The van der Waals surface area contributed by atoms with Gasteiger partial charge in [-0.3, -0.25) is 29.0 Å². The van der Waals surface area contributed by atoms with Gasteiger partial charge in [-0.25, -0.2) is 4.98 Å². The van der Waals surface area contributed by atoms with Crippen molar-refractivity contribution in [2.75, 3.05) is 64.8 Å². The molecule has 14 heteroatoms. The Labute approximate surface area is 252 Å². The number of H-pyrrole nitrogens is 1. The number of nitrogens with one attached hydrogen (secondary N) is 3. The summed E-state index contributed by atoms with van der Waals surface area (Å²) >= 11 is 0. The van der Waals surface area contributed by atoms with Crippen LogP contribution in [-0.2, 0) is 19.2 Å². The molecule has 1 amide bonds. The monoisotopic (exact) mass is 608 g/mol. The molecule has 0 unspecified atom stereocenters. The maximum atomic E-state index is 12.5. The average Bonchev–Trinajstić information content (AvgIpc) is 3.36. The third-order valence-corrected chi connectivity index (χ3v) is 7.16. The highest BCUT2D eigenvalue weighted by Gasteiger charge is 2.19. The molecule has 0 aliphatic heterocycles. The Hall–Kier alpha value is -4.95. The third-order valence-electron chi connectivity index (χ3n) is 7.16. The van der Waals surface area contributed by atoms with Crippen LogP contribution in [0.2, 0.25) is 0 Å². The molecule has 2 aromatic carbocycles. The van der Waals surface area contributed by atoms with Crippen LogP contribution in [0.25, 0.3) is 32.6 Å². The van der Waals surface area contributed by atoms with Crippen LogP contribution in [0.1, 0.15) is 12.0 Å². The number of nitrogens with zero attached hydrogens (tertiary/aromatic N) is 3. The number of carbonyl (C=O) groups excluding carboxylic acids is 1. The van der Waals surface area contributed by atoms with Gasteiger partial charge in [-0.1, -0.05) is 12.1 Å². The molecule has 0 aliphatic carbocycles. The van der Waals surface area contributed by atoms with E-state index in [2.05, 4.69) is 32.7 Å².